The lowest BCUT2D eigenvalue weighted by Crippen LogP contribution is -2.34. The highest BCUT2D eigenvalue weighted by molar-refractivity contribution is 7.99. The van der Waals surface area contributed by atoms with E-state index in [0.717, 1.165) is 67.6 Å². The van der Waals surface area contributed by atoms with Gasteiger partial charge in [0, 0.05) is 38.4 Å². The smallest absolute Gasteiger partial charge is 0.254 e. The molecule has 7 nitrogen and oxygen atoms in total. The van der Waals surface area contributed by atoms with Gasteiger partial charge in [0.1, 0.15) is 10.8 Å². The van der Waals surface area contributed by atoms with Gasteiger partial charge in [-0.3, -0.25) is 4.79 Å². The Kier molecular flexibility index (Phi) is 8.06. The number of anilines is 2. The van der Waals surface area contributed by atoms with Crippen LogP contribution in [0.15, 0.2) is 23.4 Å². The number of nitrogens with zero attached hydrogens (tertiary/aromatic N) is 4. The number of thioether (sulfide) groups is 1. The highest BCUT2D eigenvalue weighted by Gasteiger charge is 2.24. The van der Waals surface area contributed by atoms with Crippen molar-refractivity contribution >= 4 is 29.4 Å². The highest BCUT2D eigenvalue weighted by Crippen LogP contribution is 2.30. The summed E-state index contributed by atoms with van der Waals surface area (Å²) >= 11 is 1.61. The van der Waals surface area contributed by atoms with Crippen molar-refractivity contribution in [1.82, 2.24) is 20.3 Å². The average molecular weight is 469 g/mol. The highest BCUT2D eigenvalue weighted by atomic mass is 32.2. The lowest BCUT2D eigenvalue weighted by Gasteiger charge is -2.30. The van der Waals surface area contributed by atoms with E-state index in [9.17, 15) is 4.79 Å². The number of hydrogen-bond donors (Lipinski definition) is 2. The number of aryl methyl sites for hydroxylation is 1. The summed E-state index contributed by atoms with van der Waals surface area (Å²) in [4.78, 5) is 28.9. The molecule has 1 saturated carbocycles. The summed E-state index contributed by atoms with van der Waals surface area (Å²) < 4.78 is 0. The molecule has 2 aliphatic rings. The van der Waals surface area contributed by atoms with Crippen LogP contribution < -0.4 is 15.5 Å². The zero-order chi connectivity index (χ0) is 23.2. The molecule has 4 rings (SSSR count). The summed E-state index contributed by atoms with van der Waals surface area (Å²) in [6, 6.07) is 4.08. The van der Waals surface area contributed by atoms with Gasteiger partial charge in [-0.1, -0.05) is 6.92 Å². The number of nitrogens with one attached hydrogen (secondary N) is 2. The van der Waals surface area contributed by atoms with Gasteiger partial charge >= 0.3 is 0 Å². The van der Waals surface area contributed by atoms with Crippen molar-refractivity contribution in [3.63, 3.8) is 0 Å². The van der Waals surface area contributed by atoms with E-state index >= 15 is 0 Å². The zero-order valence-corrected chi connectivity index (χ0v) is 20.9. The molecule has 1 amide bonds. The first-order chi connectivity index (χ1) is 16.0. The fourth-order valence-electron chi connectivity index (χ4n) is 4.85. The van der Waals surface area contributed by atoms with Crippen LogP contribution in [-0.2, 0) is 12.8 Å². The number of rotatable bonds is 8. The molecule has 2 N–H and O–H groups in total. The van der Waals surface area contributed by atoms with E-state index in [2.05, 4.69) is 41.5 Å². The lowest BCUT2D eigenvalue weighted by molar-refractivity contribution is 0.0939. The lowest BCUT2D eigenvalue weighted by atomic mass is 9.86. The molecule has 2 aromatic heterocycles. The topological polar surface area (TPSA) is 83.0 Å². The molecular formula is C25H36N6OS. The minimum Gasteiger partial charge on any atom is -0.362 e. The maximum absolute atomic E-state index is 12.7. The summed E-state index contributed by atoms with van der Waals surface area (Å²) in [5.74, 6) is 3.23. The number of amides is 1. The van der Waals surface area contributed by atoms with Gasteiger partial charge in [-0.05, 0) is 75.2 Å². The van der Waals surface area contributed by atoms with Crippen LogP contribution in [0.1, 0.15) is 67.1 Å². The first-order valence-corrected chi connectivity index (χ1v) is 13.2. The molecule has 0 bridgehead atoms. The van der Waals surface area contributed by atoms with E-state index < -0.39 is 0 Å². The summed E-state index contributed by atoms with van der Waals surface area (Å²) in [7, 11) is 4.13. The van der Waals surface area contributed by atoms with Crippen LogP contribution in [0.4, 0.5) is 11.8 Å². The number of pyridine rings is 1. The normalized spacial score (nSPS) is 20.1. The van der Waals surface area contributed by atoms with E-state index in [-0.39, 0.29) is 5.91 Å². The first-order valence-electron chi connectivity index (χ1n) is 12.2. The molecule has 0 saturated heterocycles. The second kappa shape index (κ2) is 11.2. The molecule has 33 heavy (non-hydrogen) atoms. The van der Waals surface area contributed by atoms with Gasteiger partial charge in [0.15, 0.2) is 0 Å². The van der Waals surface area contributed by atoms with Gasteiger partial charge in [-0.25, -0.2) is 9.97 Å². The van der Waals surface area contributed by atoms with Crippen LogP contribution in [0.5, 0.6) is 0 Å². The Labute approximate surface area is 201 Å². The molecule has 0 unspecified atom stereocenters. The minimum absolute atomic E-state index is 0.0158. The molecule has 2 aromatic rings. The van der Waals surface area contributed by atoms with Crippen LogP contribution >= 0.6 is 11.8 Å². The molecule has 0 aromatic carbocycles. The third-order valence-electron chi connectivity index (χ3n) is 6.61. The molecular weight excluding hydrogens is 432 g/mol. The van der Waals surface area contributed by atoms with Gasteiger partial charge in [0.05, 0.1) is 11.3 Å². The SMILES string of the molecule is CCSc1ncccc1C(=O)NCC1CCC(Nc2nc3c(c(N(C)C)n2)CCCC3)CC1. The van der Waals surface area contributed by atoms with E-state index in [1.807, 2.05) is 12.1 Å². The Morgan fingerprint density at radius 1 is 1.15 bits per heavy atom. The molecule has 0 aliphatic heterocycles. The second-order valence-corrected chi connectivity index (χ2v) is 10.5. The molecule has 2 heterocycles. The maximum Gasteiger partial charge on any atom is 0.254 e. The first kappa shape index (κ1) is 23.8. The number of fused-ring (bicyclic) bond motifs is 1. The number of hydrogen-bond acceptors (Lipinski definition) is 7. The summed E-state index contributed by atoms with van der Waals surface area (Å²) in [5.41, 5.74) is 3.22. The standard InChI is InChI=1S/C25H36N6OS/c1-4-33-24-20(9-7-15-26-24)23(32)27-16-17-11-13-18(14-12-17)28-25-29-21-10-6-5-8-19(21)22(30-25)31(2)3/h7,9,15,17-18H,4-6,8,10-14,16H2,1-3H3,(H,27,32)(H,28,29,30). The van der Waals surface area contributed by atoms with E-state index in [1.165, 1.54) is 24.1 Å². The van der Waals surface area contributed by atoms with Gasteiger partial charge in [-0.15, -0.1) is 11.8 Å². The predicted octanol–water partition coefficient (Wildman–Crippen LogP) is 4.33. The Morgan fingerprint density at radius 3 is 2.70 bits per heavy atom. The van der Waals surface area contributed by atoms with E-state index in [0.29, 0.717) is 17.5 Å². The van der Waals surface area contributed by atoms with Crippen LogP contribution in [0.3, 0.4) is 0 Å². The van der Waals surface area contributed by atoms with Gasteiger partial charge < -0.3 is 15.5 Å². The van der Waals surface area contributed by atoms with Crippen LogP contribution in [-0.4, -0.2) is 53.3 Å². The molecule has 1 fully saturated rings. The fraction of sp³-hybridized carbons (Fsp3) is 0.600. The van der Waals surface area contributed by atoms with Crippen molar-refractivity contribution in [2.45, 2.75) is 69.4 Å². The Hall–Kier alpha value is -2.35. The summed E-state index contributed by atoms with van der Waals surface area (Å²) in [5, 5.41) is 7.57. The summed E-state index contributed by atoms with van der Waals surface area (Å²) in [6.07, 6.45) is 10.6. The molecule has 0 atom stereocenters. The van der Waals surface area contributed by atoms with Gasteiger partial charge in [0.2, 0.25) is 5.95 Å². The third kappa shape index (κ3) is 5.96. The van der Waals surface area contributed by atoms with Crippen molar-refractivity contribution in [3.05, 3.63) is 35.2 Å². The van der Waals surface area contributed by atoms with Crippen molar-refractivity contribution < 1.29 is 4.79 Å². The minimum atomic E-state index is -0.0158. The van der Waals surface area contributed by atoms with Crippen LogP contribution in [0, 0.1) is 5.92 Å². The van der Waals surface area contributed by atoms with Crippen molar-refractivity contribution in [1.29, 1.82) is 0 Å². The molecule has 0 spiro atoms. The van der Waals surface area contributed by atoms with Gasteiger partial charge in [-0.2, -0.15) is 4.98 Å². The Bertz CT molecular complexity index is 958. The third-order valence-corrected chi connectivity index (χ3v) is 7.50. The molecule has 8 heteroatoms. The summed E-state index contributed by atoms with van der Waals surface area (Å²) in [6.45, 7) is 2.79. The Morgan fingerprint density at radius 2 is 1.94 bits per heavy atom. The van der Waals surface area contributed by atoms with Crippen LogP contribution in [0.2, 0.25) is 0 Å². The number of carbonyl (C=O) groups is 1. The van der Waals surface area contributed by atoms with Crippen LogP contribution in [0.25, 0.3) is 0 Å². The molecule has 0 radical (unpaired) electrons. The number of aromatic nitrogens is 3. The molecule has 178 valence electrons. The van der Waals surface area contributed by atoms with E-state index in [1.54, 1.807) is 18.0 Å². The van der Waals surface area contributed by atoms with Crippen molar-refractivity contribution in [3.8, 4) is 0 Å². The quantitative estimate of drug-likeness (QED) is 0.558. The van der Waals surface area contributed by atoms with Crippen molar-refractivity contribution in [2.24, 2.45) is 5.92 Å². The largest absolute Gasteiger partial charge is 0.362 e. The van der Waals surface area contributed by atoms with E-state index in [4.69, 9.17) is 9.97 Å². The van der Waals surface area contributed by atoms with Crippen molar-refractivity contribution in [2.75, 3.05) is 36.6 Å². The van der Waals surface area contributed by atoms with Gasteiger partial charge in [0.25, 0.3) is 5.91 Å². The predicted molar refractivity (Wildman–Crippen MR) is 135 cm³/mol. The monoisotopic (exact) mass is 468 g/mol. The second-order valence-electron chi connectivity index (χ2n) is 9.26. The zero-order valence-electron chi connectivity index (χ0n) is 20.1. The fourth-order valence-corrected chi connectivity index (χ4v) is 5.57. The maximum atomic E-state index is 12.7. The average Bonchev–Trinajstić information content (AvgIpc) is 2.83. The number of carbonyl (C=O) groups excluding carboxylic acids is 1. The Balaban J connectivity index is 1.29. The molecule has 2 aliphatic carbocycles.